The van der Waals surface area contributed by atoms with Gasteiger partial charge in [0.1, 0.15) is 0 Å². The van der Waals surface area contributed by atoms with Crippen LogP contribution >= 0.6 is 11.8 Å². The number of carbonyl (C=O) groups is 1. The van der Waals surface area contributed by atoms with E-state index in [1.54, 1.807) is 11.8 Å². The molecule has 2 N–H and O–H groups in total. The molecule has 1 heterocycles. The molecule has 0 aromatic rings. The lowest BCUT2D eigenvalue weighted by Gasteiger charge is -2.28. The van der Waals surface area contributed by atoms with Gasteiger partial charge in [0.15, 0.2) is 0 Å². The van der Waals surface area contributed by atoms with Gasteiger partial charge in [0.05, 0.1) is 10.9 Å². The van der Waals surface area contributed by atoms with E-state index in [0.29, 0.717) is 6.54 Å². The molecule has 0 bridgehead atoms. The Morgan fingerprint density at radius 3 is 2.50 bits per heavy atom. The van der Waals surface area contributed by atoms with Crippen molar-refractivity contribution in [3.05, 3.63) is 0 Å². The van der Waals surface area contributed by atoms with Crippen LogP contribution in [-0.4, -0.2) is 34.2 Å². The molecule has 0 spiro atoms. The van der Waals surface area contributed by atoms with Crippen LogP contribution in [0.2, 0.25) is 0 Å². The van der Waals surface area contributed by atoms with E-state index in [1.807, 2.05) is 0 Å². The lowest BCUT2D eigenvalue weighted by Crippen LogP contribution is -2.45. The fourth-order valence-corrected chi connectivity index (χ4v) is 4.10. The fraction of sp³-hybridized carbons (Fsp3) is 0.929. The molecule has 1 aliphatic carbocycles. The van der Waals surface area contributed by atoms with Gasteiger partial charge in [-0.2, -0.15) is 0 Å². The number of hydrogen-bond acceptors (Lipinski definition) is 3. The second-order valence-corrected chi connectivity index (χ2v) is 7.02. The summed E-state index contributed by atoms with van der Waals surface area (Å²) >= 11 is 1.77. The van der Waals surface area contributed by atoms with Crippen LogP contribution < -0.4 is 5.32 Å². The van der Waals surface area contributed by atoms with E-state index >= 15 is 0 Å². The van der Waals surface area contributed by atoms with Crippen LogP contribution in [0.3, 0.4) is 0 Å². The van der Waals surface area contributed by atoms with E-state index in [2.05, 4.69) is 5.32 Å². The summed E-state index contributed by atoms with van der Waals surface area (Å²) in [5.41, 5.74) is -0.647. The third-order valence-corrected chi connectivity index (χ3v) is 5.47. The molecule has 1 aliphatic heterocycles. The number of aliphatic hydroxyl groups is 1. The van der Waals surface area contributed by atoms with Crippen LogP contribution in [0.4, 0.5) is 0 Å². The molecule has 104 valence electrons. The molecule has 1 saturated carbocycles. The predicted molar refractivity (Wildman–Crippen MR) is 75.8 cm³/mol. The van der Waals surface area contributed by atoms with Crippen molar-refractivity contribution in [2.75, 3.05) is 12.3 Å². The van der Waals surface area contributed by atoms with E-state index in [9.17, 15) is 9.90 Å². The van der Waals surface area contributed by atoms with Gasteiger partial charge in [0.2, 0.25) is 5.91 Å². The number of amides is 1. The summed E-state index contributed by atoms with van der Waals surface area (Å²) in [4.78, 5) is 12.0. The van der Waals surface area contributed by atoms with Gasteiger partial charge in [-0.05, 0) is 31.4 Å². The molecule has 2 fully saturated rings. The van der Waals surface area contributed by atoms with Gasteiger partial charge < -0.3 is 10.4 Å². The highest BCUT2D eigenvalue weighted by Crippen LogP contribution is 2.28. The molecular formula is C14H25NO2S. The minimum Gasteiger partial charge on any atom is -0.388 e. The Morgan fingerprint density at radius 1 is 1.17 bits per heavy atom. The topological polar surface area (TPSA) is 49.3 Å². The van der Waals surface area contributed by atoms with Crippen molar-refractivity contribution < 1.29 is 9.90 Å². The Kier molecular flexibility index (Phi) is 5.37. The summed E-state index contributed by atoms with van der Waals surface area (Å²) < 4.78 is 0. The van der Waals surface area contributed by atoms with Crippen molar-refractivity contribution >= 4 is 17.7 Å². The van der Waals surface area contributed by atoms with Crippen LogP contribution in [0.1, 0.15) is 57.8 Å². The largest absolute Gasteiger partial charge is 0.388 e. The average molecular weight is 271 g/mol. The maximum atomic E-state index is 12.0. The Balaban J connectivity index is 1.76. The zero-order chi connectivity index (χ0) is 12.8. The van der Waals surface area contributed by atoms with Crippen molar-refractivity contribution in [1.82, 2.24) is 5.32 Å². The number of hydrogen-bond donors (Lipinski definition) is 2. The van der Waals surface area contributed by atoms with Crippen molar-refractivity contribution in [2.24, 2.45) is 0 Å². The average Bonchev–Trinajstić information content (AvgIpc) is 2.62. The van der Waals surface area contributed by atoms with E-state index in [4.69, 9.17) is 0 Å². The first-order valence-electron chi connectivity index (χ1n) is 7.31. The Labute approximate surface area is 114 Å². The summed E-state index contributed by atoms with van der Waals surface area (Å²) in [6.07, 6.45) is 9.68. The van der Waals surface area contributed by atoms with Gasteiger partial charge in [0.25, 0.3) is 0 Å². The molecule has 4 heteroatoms. The molecule has 0 radical (unpaired) electrons. The van der Waals surface area contributed by atoms with Gasteiger partial charge in [-0.1, -0.05) is 32.1 Å². The highest BCUT2D eigenvalue weighted by Gasteiger charge is 2.30. The number of carbonyl (C=O) groups excluding carboxylic acids is 1. The molecule has 1 saturated heterocycles. The maximum Gasteiger partial charge on any atom is 0.233 e. The minimum absolute atomic E-state index is 0.119. The van der Waals surface area contributed by atoms with Gasteiger partial charge in [-0.25, -0.2) is 0 Å². The molecule has 2 rings (SSSR count). The zero-order valence-corrected chi connectivity index (χ0v) is 11.9. The van der Waals surface area contributed by atoms with E-state index in [-0.39, 0.29) is 11.2 Å². The Bertz CT molecular complexity index is 269. The normalized spacial score (nSPS) is 28.4. The second kappa shape index (κ2) is 6.80. The summed E-state index contributed by atoms with van der Waals surface area (Å²) in [6, 6.07) is 0. The van der Waals surface area contributed by atoms with Gasteiger partial charge in [-0.15, -0.1) is 11.8 Å². The van der Waals surface area contributed by atoms with Gasteiger partial charge >= 0.3 is 0 Å². The van der Waals surface area contributed by atoms with Crippen molar-refractivity contribution in [3.63, 3.8) is 0 Å². The van der Waals surface area contributed by atoms with Crippen LogP contribution in [0.15, 0.2) is 0 Å². The zero-order valence-electron chi connectivity index (χ0n) is 11.1. The molecule has 1 atom stereocenters. The molecule has 0 aromatic carbocycles. The third-order valence-electron chi connectivity index (χ3n) is 4.10. The third kappa shape index (κ3) is 4.16. The highest BCUT2D eigenvalue weighted by molar-refractivity contribution is 8.00. The van der Waals surface area contributed by atoms with E-state index < -0.39 is 5.60 Å². The number of nitrogens with one attached hydrogen (secondary N) is 1. The summed E-state index contributed by atoms with van der Waals surface area (Å²) in [6.45, 7) is 0.447. The van der Waals surface area contributed by atoms with Crippen LogP contribution in [-0.2, 0) is 4.79 Å². The van der Waals surface area contributed by atoms with Gasteiger partial charge in [-0.3, -0.25) is 4.79 Å². The SMILES string of the molecule is O=C(NCC1(O)CCCCCC1)C1CCCCS1. The maximum absolute atomic E-state index is 12.0. The molecule has 1 amide bonds. The monoisotopic (exact) mass is 271 g/mol. The molecule has 1 unspecified atom stereocenters. The molecule has 3 nitrogen and oxygen atoms in total. The lowest BCUT2D eigenvalue weighted by molar-refractivity contribution is -0.122. The molecular weight excluding hydrogens is 246 g/mol. The summed E-state index contributed by atoms with van der Waals surface area (Å²) in [7, 11) is 0. The Hall–Kier alpha value is -0.220. The lowest BCUT2D eigenvalue weighted by atomic mass is 9.94. The Morgan fingerprint density at radius 2 is 1.89 bits per heavy atom. The van der Waals surface area contributed by atoms with Crippen molar-refractivity contribution in [1.29, 1.82) is 0 Å². The molecule has 18 heavy (non-hydrogen) atoms. The highest BCUT2D eigenvalue weighted by atomic mass is 32.2. The van der Waals surface area contributed by atoms with Gasteiger partial charge in [0, 0.05) is 6.54 Å². The first-order chi connectivity index (χ1) is 8.70. The minimum atomic E-state index is -0.647. The van der Waals surface area contributed by atoms with E-state index in [0.717, 1.165) is 44.3 Å². The van der Waals surface area contributed by atoms with Crippen molar-refractivity contribution in [2.45, 2.75) is 68.6 Å². The first-order valence-corrected chi connectivity index (χ1v) is 8.36. The van der Waals surface area contributed by atoms with Crippen molar-refractivity contribution in [3.8, 4) is 0 Å². The quantitative estimate of drug-likeness (QED) is 0.775. The van der Waals surface area contributed by atoms with E-state index in [1.165, 1.54) is 19.3 Å². The second-order valence-electron chi connectivity index (χ2n) is 5.71. The predicted octanol–water partition coefficient (Wildman–Crippen LogP) is 2.47. The smallest absolute Gasteiger partial charge is 0.233 e. The standard InChI is InChI=1S/C14H25NO2S/c16-13(12-7-3-6-10-18-12)15-11-14(17)8-4-1-2-5-9-14/h12,17H,1-11H2,(H,15,16). The molecule has 0 aromatic heterocycles. The van der Waals surface area contributed by atoms with Crippen LogP contribution in [0.25, 0.3) is 0 Å². The number of rotatable bonds is 3. The summed E-state index contributed by atoms with van der Waals surface area (Å²) in [5.74, 6) is 1.24. The summed E-state index contributed by atoms with van der Waals surface area (Å²) in [5, 5.41) is 13.6. The van der Waals surface area contributed by atoms with Crippen LogP contribution in [0.5, 0.6) is 0 Å². The van der Waals surface area contributed by atoms with Crippen LogP contribution in [0, 0.1) is 0 Å². The number of thioether (sulfide) groups is 1. The first kappa shape index (κ1) is 14.2. The molecule has 2 aliphatic rings. The fourth-order valence-electron chi connectivity index (χ4n) is 2.88.